The highest BCUT2D eigenvalue weighted by Crippen LogP contribution is 2.20. The number of aliphatic imine (C=N–C) groups is 1. The zero-order valence-electron chi connectivity index (χ0n) is 11.5. The monoisotopic (exact) mass is 240 g/mol. The van der Waals surface area contributed by atoms with Crippen LogP contribution >= 0.6 is 0 Å². The summed E-state index contributed by atoms with van der Waals surface area (Å²) in [6, 6.07) is 0.878. The molecule has 1 aliphatic rings. The summed E-state index contributed by atoms with van der Waals surface area (Å²) in [6.45, 7) is 6.67. The Labute approximate surface area is 105 Å². The molecule has 0 saturated heterocycles. The highest BCUT2D eigenvalue weighted by Gasteiger charge is 2.17. The number of hydrazine groups is 1. The van der Waals surface area contributed by atoms with Crippen molar-refractivity contribution in [3.63, 3.8) is 0 Å². The fourth-order valence-corrected chi connectivity index (χ4v) is 2.66. The average Bonchev–Trinajstić information content (AvgIpc) is 2.82. The van der Waals surface area contributed by atoms with Gasteiger partial charge in [-0.15, -0.1) is 0 Å². The number of nitrogens with two attached hydrogens (primary N) is 1. The first-order valence-electron chi connectivity index (χ1n) is 7.02. The van der Waals surface area contributed by atoms with Gasteiger partial charge < -0.3 is 5.32 Å². The number of hydrogen-bond acceptors (Lipinski definition) is 2. The summed E-state index contributed by atoms with van der Waals surface area (Å²) in [4.78, 5) is 4.65. The summed E-state index contributed by atoms with van der Waals surface area (Å²) in [5, 5.41) is 3.41. The van der Waals surface area contributed by atoms with Crippen molar-refractivity contribution in [2.24, 2.45) is 16.8 Å². The molecule has 4 heteroatoms. The van der Waals surface area contributed by atoms with Crippen LogP contribution in [0.5, 0.6) is 0 Å². The van der Waals surface area contributed by atoms with E-state index in [1.54, 1.807) is 0 Å². The first-order chi connectivity index (χ1) is 8.21. The zero-order chi connectivity index (χ0) is 12.7. The van der Waals surface area contributed by atoms with Crippen LogP contribution in [0.15, 0.2) is 4.99 Å². The Morgan fingerprint density at radius 1 is 1.29 bits per heavy atom. The Hall–Kier alpha value is -0.770. The normalized spacial score (nSPS) is 19.7. The van der Waals surface area contributed by atoms with E-state index in [4.69, 9.17) is 5.84 Å². The molecule has 100 valence electrons. The third-order valence-corrected chi connectivity index (χ3v) is 3.89. The fourth-order valence-electron chi connectivity index (χ4n) is 2.66. The standard InChI is InChI=1S/C13H28N4/c1-4-11(5-2)10(3)15-13(17-14)16-12-8-6-7-9-12/h10-12H,4-9,14H2,1-3H3,(H2,15,16,17). The molecule has 0 spiro atoms. The van der Waals surface area contributed by atoms with Crippen molar-refractivity contribution in [2.45, 2.75) is 71.4 Å². The molecule has 0 bridgehead atoms. The molecule has 0 aromatic carbocycles. The van der Waals surface area contributed by atoms with Gasteiger partial charge in [0.1, 0.15) is 0 Å². The lowest BCUT2D eigenvalue weighted by Gasteiger charge is -2.24. The zero-order valence-corrected chi connectivity index (χ0v) is 11.5. The minimum Gasteiger partial charge on any atom is -0.353 e. The largest absolute Gasteiger partial charge is 0.353 e. The maximum Gasteiger partial charge on any atom is 0.206 e. The lowest BCUT2D eigenvalue weighted by Crippen LogP contribution is -2.48. The molecule has 1 saturated carbocycles. The van der Waals surface area contributed by atoms with E-state index < -0.39 is 0 Å². The molecule has 0 aromatic heterocycles. The second kappa shape index (κ2) is 7.54. The van der Waals surface area contributed by atoms with E-state index >= 15 is 0 Å². The maximum absolute atomic E-state index is 5.54. The van der Waals surface area contributed by atoms with Crippen LogP contribution in [0.2, 0.25) is 0 Å². The Morgan fingerprint density at radius 2 is 1.88 bits per heavy atom. The average molecular weight is 240 g/mol. The van der Waals surface area contributed by atoms with E-state index in [0.717, 1.165) is 5.96 Å². The van der Waals surface area contributed by atoms with Gasteiger partial charge in [-0.05, 0) is 25.7 Å². The second-order valence-corrected chi connectivity index (χ2v) is 5.07. The molecule has 0 aromatic rings. The first-order valence-corrected chi connectivity index (χ1v) is 7.02. The molecule has 1 rings (SSSR count). The van der Waals surface area contributed by atoms with Gasteiger partial charge in [-0.3, -0.25) is 5.43 Å². The Bertz CT molecular complexity index is 230. The van der Waals surface area contributed by atoms with Crippen LogP contribution in [-0.4, -0.2) is 18.0 Å². The van der Waals surface area contributed by atoms with E-state index in [2.05, 4.69) is 36.5 Å². The van der Waals surface area contributed by atoms with Crippen molar-refractivity contribution in [1.82, 2.24) is 10.7 Å². The Morgan fingerprint density at radius 3 is 2.35 bits per heavy atom. The molecule has 0 heterocycles. The van der Waals surface area contributed by atoms with E-state index in [-0.39, 0.29) is 0 Å². The third-order valence-electron chi connectivity index (χ3n) is 3.89. The molecule has 0 amide bonds. The molecule has 0 radical (unpaired) electrons. The van der Waals surface area contributed by atoms with E-state index in [1.807, 2.05) is 0 Å². The summed E-state index contributed by atoms with van der Waals surface area (Å²) in [7, 11) is 0. The summed E-state index contributed by atoms with van der Waals surface area (Å²) >= 11 is 0. The Balaban J connectivity index is 2.49. The van der Waals surface area contributed by atoms with Crippen molar-refractivity contribution in [3.8, 4) is 0 Å². The molecule has 0 aliphatic heterocycles. The van der Waals surface area contributed by atoms with E-state index in [9.17, 15) is 0 Å². The van der Waals surface area contributed by atoms with Gasteiger partial charge in [-0.2, -0.15) is 0 Å². The van der Waals surface area contributed by atoms with Gasteiger partial charge in [0.05, 0.1) is 6.04 Å². The smallest absolute Gasteiger partial charge is 0.206 e. The van der Waals surface area contributed by atoms with E-state index in [0.29, 0.717) is 18.0 Å². The van der Waals surface area contributed by atoms with Crippen molar-refractivity contribution >= 4 is 5.96 Å². The van der Waals surface area contributed by atoms with Gasteiger partial charge in [-0.1, -0.05) is 39.5 Å². The summed E-state index contributed by atoms with van der Waals surface area (Å²) in [6.07, 6.45) is 7.37. The minimum absolute atomic E-state index is 0.418. The van der Waals surface area contributed by atoms with Gasteiger partial charge in [0.15, 0.2) is 0 Å². The van der Waals surface area contributed by atoms with E-state index in [1.165, 1.54) is 38.5 Å². The van der Waals surface area contributed by atoms with Gasteiger partial charge in [0.25, 0.3) is 0 Å². The summed E-state index contributed by atoms with van der Waals surface area (Å²) in [5.74, 6) is 6.98. The molecule has 1 unspecified atom stereocenters. The number of nitrogens with zero attached hydrogens (tertiary/aromatic N) is 1. The summed E-state index contributed by atoms with van der Waals surface area (Å²) in [5.41, 5.74) is 2.70. The molecule has 4 N–H and O–H groups in total. The van der Waals surface area contributed by atoms with Crippen molar-refractivity contribution in [1.29, 1.82) is 0 Å². The van der Waals surface area contributed by atoms with Crippen LogP contribution in [0.4, 0.5) is 0 Å². The van der Waals surface area contributed by atoms with Crippen LogP contribution in [-0.2, 0) is 0 Å². The highest BCUT2D eigenvalue weighted by molar-refractivity contribution is 5.79. The third kappa shape index (κ3) is 4.54. The fraction of sp³-hybridized carbons (Fsp3) is 0.923. The molecule has 1 atom stereocenters. The van der Waals surface area contributed by atoms with Crippen LogP contribution in [0.3, 0.4) is 0 Å². The number of nitrogens with one attached hydrogen (secondary N) is 2. The van der Waals surface area contributed by atoms with Gasteiger partial charge in [-0.25, -0.2) is 10.8 Å². The molecular formula is C13H28N4. The lowest BCUT2D eigenvalue weighted by molar-refractivity contribution is 0.387. The SMILES string of the molecule is CCC(CC)C(C)NC(=NC1CCCC1)NN. The molecule has 4 nitrogen and oxygen atoms in total. The molecular weight excluding hydrogens is 212 g/mol. The quantitative estimate of drug-likeness (QED) is 0.299. The van der Waals surface area contributed by atoms with Crippen LogP contribution < -0.4 is 16.6 Å². The lowest BCUT2D eigenvalue weighted by atomic mass is 9.96. The highest BCUT2D eigenvalue weighted by atomic mass is 15.3. The molecule has 1 fully saturated rings. The first kappa shape index (κ1) is 14.3. The van der Waals surface area contributed by atoms with Crippen LogP contribution in [0, 0.1) is 5.92 Å². The van der Waals surface area contributed by atoms with Crippen molar-refractivity contribution < 1.29 is 0 Å². The number of hydrogen-bond donors (Lipinski definition) is 3. The van der Waals surface area contributed by atoms with Gasteiger partial charge >= 0.3 is 0 Å². The van der Waals surface area contributed by atoms with Crippen LogP contribution in [0.1, 0.15) is 59.3 Å². The molecule has 1 aliphatic carbocycles. The number of rotatable bonds is 5. The summed E-state index contributed by atoms with van der Waals surface area (Å²) < 4.78 is 0. The molecule has 17 heavy (non-hydrogen) atoms. The van der Waals surface area contributed by atoms with Gasteiger partial charge in [0, 0.05) is 6.04 Å². The van der Waals surface area contributed by atoms with Gasteiger partial charge in [0.2, 0.25) is 5.96 Å². The predicted molar refractivity (Wildman–Crippen MR) is 73.7 cm³/mol. The Kier molecular flexibility index (Phi) is 6.34. The minimum atomic E-state index is 0.418. The van der Waals surface area contributed by atoms with Crippen LogP contribution in [0.25, 0.3) is 0 Å². The predicted octanol–water partition coefficient (Wildman–Crippen LogP) is 2.16. The topological polar surface area (TPSA) is 62.4 Å². The van der Waals surface area contributed by atoms with Crippen molar-refractivity contribution in [3.05, 3.63) is 0 Å². The number of guanidine groups is 1. The maximum atomic E-state index is 5.54. The van der Waals surface area contributed by atoms with Crippen molar-refractivity contribution in [2.75, 3.05) is 0 Å². The second-order valence-electron chi connectivity index (χ2n) is 5.07.